The molecule has 2 heterocycles. The van der Waals surface area contributed by atoms with Crippen LogP contribution in [0.15, 0.2) is 0 Å². The molecule has 2 fully saturated rings. The number of halogens is 1. The van der Waals surface area contributed by atoms with E-state index in [1.807, 2.05) is 13.8 Å². The number of rotatable bonds is 3. The van der Waals surface area contributed by atoms with E-state index in [1.165, 1.54) is 12.8 Å². The molecule has 0 spiro atoms. The highest BCUT2D eigenvalue weighted by atomic mass is 35.5. The van der Waals surface area contributed by atoms with Crippen molar-refractivity contribution in [3.8, 4) is 0 Å². The number of piperazine rings is 1. The van der Waals surface area contributed by atoms with Crippen LogP contribution in [0, 0.1) is 11.8 Å². The van der Waals surface area contributed by atoms with E-state index in [1.54, 1.807) is 4.90 Å². The molecule has 2 rings (SSSR count). The monoisotopic (exact) mass is 317 g/mol. The normalized spacial score (nSPS) is 26.5. The number of hydrogen-bond donors (Lipinski definition) is 2. The second-order valence-electron chi connectivity index (χ2n) is 6.65. The predicted octanol–water partition coefficient (Wildman–Crippen LogP) is 1.17. The Morgan fingerprint density at radius 2 is 2.14 bits per heavy atom. The Morgan fingerprint density at radius 3 is 2.76 bits per heavy atom. The molecule has 2 unspecified atom stereocenters. The summed E-state index contributed by atoms with van der Waals surface area (Å²) in [6.45, 7) is 9.10. The first-order valence-corrected chi connectivity index (χ1v) is 7.72. The van der Waals surface area contributed by atoms with Crippen molar-refractivity contribution >= 4 is 24.2 Å². The molecule has 0 saturated carbocycles. The summed E-state index contributed by atoms with van der Waals surface area (Å²) in [6.07, 6.45) is 2.94. The minimum absolute atomic E-state index is 0. The summed E-state index contributed by atoms with van der Waals surface area (Å²) >= 11 is 0. The van der Waals surface area contributed by atoms with E-state index >= 15 is 0 Å². The molecule has 2 saturated heterocycles. The molecule has 0 aromatic rings. The molecule has 0 bridgehead atoms. The van der Waals surface area contributed by atoms with E-state index in [0.717, 1.165) is 13.1 Å². The molecule has 5 nitrogen and oxygen atoms in total. The Morgan fingerprint density at radius 1 is 1.43 bits per heavy atom. The molecule has 0 aromatic carbocycles. The van der Waals surface area contributed by atoms with E-state index in [4.69, 9.17) is 0 Å². The van der Waals surface area contributed by atoms with Crippen molar-refractivity contribution in [2.45, 2.75) is 45.6 Å². The van der Waals surface area contributed by atoms with Crippen molar-refractivity contribution in [1.82, 2.24) is 15.5 Å². The zero-order valence-corrected chi connectivity index (χ0v) is 14.1. The molecule has 2 N–H and O–H groups in total. The van der Waals surface area contributed by atoms with Crippen molar-refractivity contribution < 1.29 is 9.59 Å². The summed E-state index contributed by atoms with van der Waals surface area (Å²) in [7, 11) is 0. The first-order chi connectivity index (χ1) is 9.43. The van der Waals surface area contributed by atoms with Crippen molar-refractivity contribution in [1.29, 1.82) is 0 Å². The van der Waals surface area contributed by atoms with Gasteiger partial charge < -0.3 is 15.5 Å². The van der Waals surface area contributed by atoms with Crippen LogP contribution in [0.1, 0.15) is 40.0 Å². The van der Waals surface area contributed by atoms with Gasteiger partial charge in [0.2, 0.25) is 11.8 Å². The third kappa shape index (κ3) is 4.10. The number of piperidine rings is 1. The highest BCUT2D eigenvalue weighted by Gasteiger charge is 2.40. The second kappa shape index (κ2) is 7.45. The maximum absolute atomic E-state index is 12.5. The third-order valence-electron chi connectivity index (χ3n) is 4.79. The second-order valence-corrected chi connectivity index (χ2v) is 6.65. The van der Waals surface area contributed by atoms with Crippen molar-refractivity contribution in [2.24, 2.45) is 11.8 Å². The van der Waals surface area contributed by atoms with Gasteiger partial charge in [0.25, 0.3) is 0 Å². The highest BCUT2D eigenvalue weighted by Crippen LogP contribution is 2.26. The van der Waals surface area contributed by atoms with Gasteiger partial charge in [-0.3, -0.25) is 9.59 Å². The van der Waals surface area contributed by atoms with Crippen LogP contribution < -0.4 is 10.6 Å². The molecule has 2 aliphatic heterocycles. The van der Waals surface area contributed by atoms with Crippen LogP contribution in [-0.2, 0) is 9.59 Å². The Bertz CT molecular complexity index is 381. The van der Waals surface area contributed by atoms with Crippen LogP contribution in [0.2, 0.25) is 0 Å². The zero-order valence-electron chi connectivity index (χ0n) is 13.3. The van der Waals surface area contributed by atoms with Crippen LogP contribution in [0.3, 0.4) is 0 Å². The minimum Gasteiger partial charge on any atom is -0.352 e. The fraction of sp³-hybridized carbons (Fsp3) is 0.867. The lowest BCUT2D eigenvalue weighted by Crippen LogP contribution is -2.63. The number of hydrogen-bond acceptors (Lipinski definition) is 3. The number of carbonyl (C=O) groups is 2. The first-order valence-electron chi connectivity index (χ1n) is 7.72. The first kappa shape index (κ1) is 18.2. The van der Waals surface area contributed by atoms with Crippen molar-refractivity contribution in [3.05, 3.63) is 0 Å². The van der Waals surface area contributed by atoms with Crippen molar-refractivity contribution in [3.63, 3.8) is 0 Å². The molecule has 122 valence electrons. The molecular formula is C15H28ClN3O2. The van der Waals surface area contributed by atoms with Gasteiger partial charge in [-0.15, -0.1) is 12.4 Å². The van der Waals surface area contributed by atoms with Gasteiger partial charge in [0.15, 0.2) is 0 Å². The smallest absolute Gasteiger partial charge is 0.245 e. The Labute approximate surface area is 133 Å². The Hall–Kier alpha value is -0.810. The van der Waals surface area contributed by atoms with Crippen LogP contribution in [0.5, 0.6) is 0 Å². The summed E-state index contributed by atoms with van der Waals surface area (Å²) in [6, 6.07) is 0. The summed E-state index contributed by atoms with van der Waals surface area (Å²) < 4.78 is 0. The standard InChI is InChI=1S/C15H27N3O2.ClH/c1-11(12-5-4-6-16-10-12)9-13(19)18-8-7-17-14(20)15(18,2)3;/h11-12,16H,4-10H2,1-3H3,(H,17,20);1H. The number of amides is 2. The van der Waals surface area contributed by atoms with E-state index in [2.05, 4.69) is 17.6 Å². The summed E-state index contributed by atoms with van der Waals surface area (Å²) in [5.41, 5.74) is -0.722. The SMILES string of the molecule is CC(CC(=O)N1CCNC(=O)C1(C)C)C1CCCNC1.Cl. The average Bonchev–Trinajstić information content (AvgIpc) is 2.42. The number of nitrogens with zero attached hydrogens (tertiary/aromatic N) is 1. The third-order valence-corrected chi connectivity index (χ3v) is 4.79. The predicted molar refractivity (Wildman–Crippen MR) is 85.4 cm³/mol. The molecular weight excluding hydrogens is 290 g/mol. The molecule has 2 aliphatic rings. The molecule has 6 heteroatoms. The number of carbonyl (C=O) groups excluding carboxylic acids is 2. The quantitative estimate of drug-likeness (QED) is 0.821. The molecule has 0 radical (unpaired) electrons. The van der Waals surface area contributed by atoms with Crippen LogP contribution in [-0.4, -0.2) is 48.4 Å². The van der Waals surface area contributed by atoms with E-state index < -0.39 is 5.54 Å². The highest BCUT2D eigenvalue weighted by molar-refractivity contribution is 5.91. The molecule has 2 amide bonds. The topological polar surface area (TPSA) is 61.4 Å². The summed E-state index contributed by atoms with van der Waals surface area (Å²) in [5, 5.41) is 6.23. The largest absolute Gasteiger partial charge is 0.352 e. The van der Waals surface area contributed by atoms with Gasteiger partial charge in [-0.1, -0.05) is 6.92 Å². The lowest BCUT2D eigenvalue weighted by molar-refractivity contribution is -0.150. The maximum Gasteiger partial charge on any atom is 0.245 e. The van der Waals surface area contributed by atoms with Crippen molar-refractivity contribution in [2.75, 3.05) is 26.2 Å². The Balaban J connectivity index is 0.00000220. The fourth-order valence-corrected chi connectivity index (χ4v) is 3.25. The Kier molecular flexibility index (Phi) is 6.47. The zero-order chi connectivity index (χ0) is 14.8. The van der Waals surface area contributed by atoms with Gasteiger partial charge in [-0.05, 0) is 51.6 Å². The fourth-order valence-electron chi connectivity index (χ4n) is 3.25. The van der Waals surface area contributed by atoms with E-state index in [0.29, 0.717) is 31.3 Å². The lowest BCUT2D eigenvalue weighted by Gasteiger charge is -2.42. The number of nitrogens with one attached hydrogen (secondary N) is 2. The van der Waals surface area contributed by atoms with Gasteiger partial charge in [0, 0.05) is 19.5 Å². The molecule has 21 heavy (non-hydrogen) atoms. The van der Waals surface area contributed by atoms with Crippen LogP contribution in [0.4, 0.5) is 0 Å². The van der Waals surface area contributed by atoms with Gasteiger partial charge in [0.05, 0.1) is 0 Å². The molecule has 0 aliphatic carbocycles. The van der Waals surface area contributed by atoms with E-state index in [9.17, 15) is 9.59 Å². The van der Waals surface area contributed by atoms with Crippen LogP contribution in [0.25, 0.3) is 0 Å². The minimum atomic E-state index is -0.722. The van der Waals surface area contributed by atoms with Gasteiger partial charge in [0.1, 0.15) is 5.54 Å². The van der Waals surface area contributed by atoms with E-state index in [-0.39, 0.29) is 24.2 Å². The summed E-state index contributed by atoms with van der Waals surface area (Å²) in [4.78, 5) is 26.2. The maximum atomic E-state index is 12.5. The molecule has 2 atom stereocenters. The average molecular weight is 318 g/mol. The molecule has 0 aromatic heterocycles. The summed E-state index contributed by atoms with van der Waals surface area (Å²) in [5.74, 6) is 1.01. The van der Waals surface area contributed by atoms with Gasteiger partial charge >= 0.3 is 0 Å². The van der Waals surface area contributed by atoms with Gasteiger partial charge in [-0.25, -0.2) is 0 Å². The van der Waals surface area contributed by atoms with Crippen LogP contribution >= 0.6 is 12.4 Å². The van der Waals surface area contributed by atoms with Gasteiger partial charge in [-0.2, -0.15) is 0 Å². The lowest BCUT2D eigenvalue weighted by atomic mass is 9.84.